The molecule has 1 N–H and O–H groups in total. The van der Waals surface area contributed by atoms with E-state index in [9.17, 15) is 4.79 Å². The standard InChI is InChI=1S/C22H35ClN4O/c1-17-5-4-6-20(21(17)23)27-15-13-26(14-16-27)12-11-18-7-9-19(10-8-18)24-22(28)25(2)3/h4-6,18-19H,7-16H2,1-3H3,(H,24,28)/t18-,19-/i2D3,4D,5D,6D,7D2,8D2,9D2,10D2,11D2,12D2,13D2,14D2,15D2,16D2,18D,19D. The average Bonchev–Trinajstić information content (AvgIpc) is 3.00. The molecule has 1 heterocycles. The van der Waals surface area contributed by atoms with Crippen LogP contribution in [-0.2, 0) is 0 Å². The summed E-state index contributed by atoms with van der Waals surface area (Å²) in [5.74, 6) is -5.03. The monoisotopic (exact) mass is 434 g/mol. The van der Waals surface area contributed by atoms with Gasteiger partial charge in [-0.05, 0) is 62.8 Å². The topological polar surface area (TPSA) is 38.8 Å². The van der Waals surface area contributed by atoms with Crippen LogP contribution < -0.4 is 10.2 Å². The van der Waals surface area contributed by atoms with Gasteiger partial charge in [0.25, 0.3) is 0 Å². The number of carbonyl (C=O) groups excluding carboxylic acids is 1. The van der Waals surface area contributed by atoms with Gasteiger partial charge in [-0.1, -0.05) is 23.7 Å². The molecule has 0 aromatic heterocycles. The smallest absolute Gasteiger partial charge is 0.317 e. The lowest BCUT2D eigenvalue weighted by Gasteiger charge is -2.37. The highest BCUT2D eigenvalue weighted by Gasteiger charge is 2.24. The number of halogens is 1. The van der Waals surface area contributed by atoms with Crippen molar-refractivity contribution in [2.75, 3.05) is 51.4 Å². The molecular weight excluding hydrogens is 372 g/mol. The molecule has 1 aromatic rings. The molecule has 2 fully saturated rings. The van der Waals surface area contributed by atoms with Gasteiger partial charge < -0.3 is 15.1 Å². The van der Waals surface area contributed by atoms with Crippen molar-refractivity contribution in [1.82, 2.24) is 15.1 Å². The first-order valence-electron chi connectivity index (χ1n) is 21.6. The first-order chi connectivity index (χ1) is 24.2. The molecule has 2 aliphatic rings. The number of rotatable bonds is 5. The van der Waals surface area contributed by atoms with E-state index in [4.69, 9.17) is 50.0 Å². The fourth-order valence-electron chi connectivity index (χ4n) is 1.79. The summed E-state index contributed by atoms with van der Waals surface area (Å²) in [6.07, 6.45) is -24.0. The molecule has 1 aliphatic heterocycles. The zero-order valence-corrected chi connectivity index (χ0v) is 15.4. The molecular formula is C22H35ClN4O. The fourth-order valence-corrected chi connectivity index (χ4v) is 1.97. The van der Waals surface area contributed by atoms with Gasteiger partial charge in [-0.2, -0.15) is 0 Å². The molecule has 1 aromatic carbocycles. The zero-order valence-electron chi connectivity index (χ0n) is 42.6. The molecule has 0 unspecified atom stereocenters. The van der Waals surface area contributed by atoms with Crippen LogP contribution >= 0.6 is 11.6 Å². The maximum absolute atomic E-state index is 12.8. The number of hydrogen-bond acceptors (Lipinski definition) is 3. The number of hydrogen-bond donors (Lipinski definition) is 1. The Kier molecular flexibility index (Phi) is 1.90. The van der Waals surface area contributed by atoms with E-state index in [1.807, 2.05) is 0 Å². The van der Waals surface area contributed by atoms with Gasteiger partial charge in [0, 0.05) is 73.4 Å². The predicted molar refractivity (Wildman–Crippen MR) is 117 cm³/mol. The Balaban J connectivity index is 2.44. The second-order valence-corrected chi connectivity index (χ2v) is 5.63. The average molecular weight is 435 g/mol. The van der Waals surface area contributed by atoms with E-state index in [-0.39, 0.29) is 4.90 Å². The van der Waals surface area contributed by atoms with Gasteiger partial charge >= 0.3 is 6.03 Å². The van der Waals surface area contributed by atoms with E-state index in [0.29, 0.717) is 7.05 Å². The summed E-state index contributed by atoms with van der Waals surface area (Å²) in [6.45, 7) is -24.9. The van der Waals surface area contributed by atoms with Crippen LogP contribution in [-0.4, -0.2) is 68.4 Å². The number of urea groups is 1. The molecule has 156 valence electrons. The first kappa shape index (κ1) is 5.42. The number of amides is 2. The number of nitrogens with one attached hydrogen (secondary N) is 1. The van der Waals surface area contributed by atoms with E-state index < -0.39 is 133 Å². The minimum Gasteiger partial charge on any atom is -0.368 e. The van der Waals surface area contributed by atoms with E-state index in [1.54, 1.807) is 0 Å². The Hall–Kier alpha value is -1.46. The van der Waals surface area contributed by atoms with Crippen molar-refractivity contribution in [2.24, 2.45) is 5.89 Å². The molecule has 0 atom stereocenters. The van der Waals surface area contributed by atoms with Crippen LogP contribution in [0.5, 0.6) is 0 Å². The van der Waals surface area contributed by atoms with Gasteiger partial charge in [-0.15, -0.1) is 0 Å². The Morgan fingerprint density at radius 1 is 1.39 bits per heavy atom. The van der Waals surface area contributed by atoms with Crippen molar-refractivity contribution in [1.29, 1.82) is 0 Å². The highest BCUT2D eigenvalue weighted by molar-refractivity contribution is 6.34. The third-order valence-corrected chi connectivity index (χ3v) is 3.66. The van der Waals surface area contributed by atoms with Crippen molar-refractivity contribution in [3.05, 3.63) is 28.7 Å². The summed E-state index contributed by atoms with van der Waals surface area (Å²) in [6, 6.07) is -9.39. The molecule has 1 aliphatic carbocycles. The van der Waals surface area contributed by atoms with Crippen molar-refractivity contribution in [3.63, 3.8) is 0 Å². The van der Waals surface area contributed by atoms with Crippen LogP contribution in [0.15, 0.2) is 18.1 Å². The minimum absolute atomic E-state index is 0.197. The van der Waals surface area contributed by atoms with Crippen LogP contribution in [0, 0.1) is 12.8 Å². The van der Waals surface area contributed by atoms with Crippen LogP contribution in [0.25, 0.3) is 0 Å². The Bertz CT molecular complexity index is 1710. The first-order valence-corrected chi connectivity index (χ1v) is 8.01. The quantitative estimate of drug-likeness (QED) is 0.761. The number of carbonyl (C=O) groups is 1. The second kappa shape index (κ2) is 9.84. The molecule has 0 bridgehead atoms. The SMILES string of the molecule is [2H]c1c([2H])c(C)c(Cl)c(N2C([2H])([2H])C([2H])([2H])N(C([2H])([2H])C([2H])([2H])[C@]3([2H])C([2H])([2H])C([2H])([2H])[C@@]([2H])(NC(=O)N(C)C([2H])([2H])[2H])C([2H])([2H])C3([2H])[2H])C([2H])([2H])C2([2H])[2H])c1[2H]. The Labute approximate surface area is 214 Å². The molecule has 0 spiro atoms. The number of piperazine rings is 1. The van der Waals surface area contributed by atoms with Crippen LogP contribution in [0.2, 0.25) is 5.02 Å². The van der Waals surface area contributed by atoms with E-state index in [2.05, 4.69) is 0 Å². The summed E-state index contributed by atoms with van der Waals surface area (Å²) in [5.41, 5.74) is -1.63. The highest BCUT2D eigenvalue weighted by atomic mass is 35.5. The Morgan fingerprint density at radius 2 is 2.11 bits per heavy atom. The molecule has 1 saturated heterocycles. The molecule has 5 nitrogen and oxygen atoms in total. The summed E-state index contributed by atoms with van der Waals surface area (Å²) in [4.78, 5) is 11.1. The van der Waals surface area contributed by atoms with Gasteiger partial charge in [0.05, 0.1) is 21.7 Å². The van der Waals surface area contributed by atoms with Gasteiger partial charge in [0.15, 0.2) is 0 Å². The van der Waals surface area contributed by atoms with E-state index in [0.717, 1.165) is 6.92 Å². The number of nitrogens with zero attached hydrogens (tertiary/aromatic N) is 3. The second-order valence-electron chi connectivity index (χ2n) is 5.26. The van der Waals surface area contributed by atoms with Gasteiger partial charge in [0.2, 0.25) is 0 Å². The van der Waals surface area contributed by atoms with Gasteiger partial charge in [-0.25, -0.2) is 4.79 Å². The molecule has 28 heavy (non-hydrogen) atoms. The molecule has 0 radical (unpaired) electrons. The predicted octanol–water partition coefficient (Wildman–Crippen LogP) is 3.99. The largest absolute Gasteiger partial charge is 0.368 e. The van der Waals surface area contributed by atoms with Crippen molar-refractivity contribution >= 4 is 23.3 Å². The summed E-state index contributed by atoms with van der Waals surface area (Å²) in [5, 5.41) is 0.387. The molecule has 2 amide bonds. The highest BCUT2D eigenvalue weighted by Crippen LogP contribution is 2.30. The lowest BCUT2D eigenvalue weighted by Crippen LogP contribution is -2.47. The van der Waals surface area contributed by atoms with Gasteiger partial charge in [0.1, 0.15) is 0 Å². The van der Waals surface area contributed by atoms with Crippen LogP contribution in [0.4, 0.5) is 10.5 Å². The van der Waals surface area contributed by atoms with Gasteiger partial charge in [-0.3, -0.25) is 4.90 Å². The molecule has 3 rings (SSSR count). The lowest BCUT2D eigenvalue weighted by molar-refractivity contribution is 0.194. The molecule has 6 heteroatoms. The number of benzene rings is 1. The summed E-state index contributed by atoms with van der Waals surface area (Å²) < 4.78 is 238. The van der Waals surface area contributed by atoms with Crippen molar-refractivity contribution < 1.29 is 43.2 Å². The maximum Gasteiger partial charge on any atom is 0.317 e. The Morgan fingerprint density at radius 3 is 2.79 bits per heavy atom. The van der Waals surface area contributed by atoms with E-state index >= 15 is 0 Å². The fraction of sp³-hybridized carbons (Fsp3) is 0.682. The maximum atomic E-state index is 12.8. The number of anilines is 1. The normalized spacial score (nSPS) is 59.3. The van der Waals surface area contributed by atoms with Crippen LogP contribution in [0.1, 0.15) is 75.8 Å². The summed E-state index contributed by atoms with van der Waals surface area (Å²) in [7, 11) is 0.542. The molecule has 1 saturated carbocycles. The third-order valence-electron chi connectivity index (χ3n) is 3.19. The zero-order chi connectivity index (χ0) is 45.0. The minimum atomic E-state index is -5.10. The van der Waals surface area contributed by atoms with E-state index in [1.165, 1.54) is 5.32 Å². The summed E-state index contributed by atoms with van der Waals surface area (Å²) >= 11 is 6.24. The third kappa shape index (κ3) is 5.54. The van der Waals surface area contributed by atoms with Crippen molar-refractivity contribution in [3.8, 4) is 0 Å². The van der Waals surface area contributed by atoms with Crippen molar-refractivity contribution in [2.45, 2.75) is 44.8 Å². The van der Waals surface area contributed by atoms with Crippen LogP contribution in [0.3, 0.4) is 0 Å². The lowest BCUT2D eigenvalue weighted by atomic mass is 9.84.